The summed E-state index contributed by atoms with van der Waals surface area (Å²) in [7, 11) is 0. The molecule has 1 aromatic heterocycles. The molecule has 0 aliphatic carbocycles. The molecule has 1 aromatic carbocycles. The molecule has 2 fully saturated rings. The number of hydrogen-bond donors (Lipinski definition) is 1. The highest BCUT2D eigenvalue weighted by Crippen LogP contribution is 2.29. The average molecular weight is 427 g/mol. The van der Waals surface area contributed by atoms with Crippen LogP contribution in [0, 0.1) is 12.8 Å². The van der Waals surface area contributed by atoms with Gasteiger partial charge in [0.2, 0.25) is 0 Å². The fourth-order valence-electron chi connectivity index (χ4n) is 4.70. The highest BCUT2D eigenvalue weighted by molar-refractivity contribution is 7.17. The molecule has 2 saturated heterocycles. The van der Waals surface area contributed by atoms with Crippen LogP contribution in [0.25, 0.3) is 0 Å². The molecular weight excluding hydrogens is 392 g/mol. The van der Waals surface area contributed by atoms with Gasteiger partial charge in [-0.2, -0.15) is 0 Å². The molecule has 6 heteroatoms. The van der Waals surface area contributed by atoms with Gasteiger partial charge in [-0.05, 0) is 57.6 Å². The van der Waals surface area contributed by atoms with Gasteiger partial charge in [0.15, 0.2) is 5.13 Å². The molecule has 5 nitrogen and oxygen atoms in total. The maximum absolute atomic E-state index is 12.7. The Morgan fingerprint density at radius 1 is 1.17 bits per heavy atom. The van der Waals surface area contributed by atoms with Crippen molar-refractivity contribution in [3.05, 3.63) is 46.5 Å². The Labute approximate surface area is 184 Å². The molecule has 0 saturated carbocycles. The summed E-state index contributed by atoms with van der Waals surface area (Å²) in [5, 5.41) is 4.09. The second kappa shape index (κ2) is 9.48. The van der Waals surface area contributed by atoms with Crippen molar-refractivity contribution >= 4 is 22.4 Å². The van der Waals surface area contributed by atoms with Gasteiger partial charge in [0, 0.05) is 25.7 Å². The number of amides is 1. The summed E-state index contributed by atoms with van der Waals surface area (Å²) < 4.78 is 0. The fraction of sp³-hybridized carbons (Fsp3) is 0.583. The van der Waals surface area contributed by atoms with Crippen LogP contribution >= 0.6 is 11.3 Å². The molecule has 0 radical (unpaired) electrons. The van der Waals surface area contributed by atoms with Gasteiger partial charge in [-0.15, -0.1) is 0 Å². The van der Waals surface area contributed by atoms with Crippen LogP contribution in [0.2, 0.25) is 0 Å². The molecule has 2 atom stereocenters. The zero-order chi connectivity index (χ0) is 21.1. The molecule has 2 aliphatic heterocycles. The third kappa shape index (κ3) is 5.03. The monoisotopic (exact) mass is 426 g/mol. The Balaban J connectivity index is 1.30. The molecule has 30 heavy (non-hydrogen) atoms. The van der Waals surface area contributed by atoms with E-state index in [1.165, 1.54) is 55.7 Å². The first-order valence-corrected chi connectivity index (χ1v) is 12.1. The van der Waals surface area contributed by atoms with Crippen molar-refractivity contribution < 1.29 is 4.79 Å². The summed E-state index contributed by atoms with van der Waals surface area (Å²) in [6.07, 6.45) is 6.83. The summed E-state index contributed by atoms with van der Waals surface area (Å²) in [6, 6.07) is 9.00. The number of nitrogens with zero attached hydrogens (tertiary/aromatic N) is 3. The van der Waals surface area contributed by atoms with Crippen LogP contribution in [0.15, 0.2) is 30.5 Å². The smallest absolute Gasteiger partial charge is 0.263 e. The van der Waals surface area contributed by atoms with E-state index in [1.807, 2.05) is 6.92 Å². The minimum absolute atomic E-state index is 0.0219. The molecule has 0 unspecified atom stereocenters. The molecule has 2 aliphatic rings. The number of hydrogen-bond acceptors (Lipinski definition) is 5. The van der Waals surface area contributed by atoms with E-state index in [1.54, 1.807) is 6.20 Å². The van der Waals surface area contributed by atoms with Gasteiger partial charge in [-0.25, -0.2) is 4.98 Å². The van der Waals surface area contributed by atoms with Crippen LogP contribution in [0.3, 0.4) is 0 Å². The highest BCUT2D eigenvalue weighted by atomic mass is 32.1. The van der Waals surface area contributed by atoms with Crippen molar-refractivity contribution in [3.8, 4) is 0 Å². The zero-order valence-corrected chi connectivity index (χ0v) is 19.3. The van der Waals surface area contributed by atoms with Crippen LogP contribution in [0.5, 0.6) is 0 Å². The summed E-state index contributed by atoms with van der Waals surface area (Å²) in [6.45, 7) is 11.1. The molecule has 1 N–H and O–H groups in total. The topological polar surface area (TPSA) is 48.5 Å². The van der Waals surface area contributed by atoms with E-state index < -0.39 is 0 Å². The lowest BCUT2D eigenvalue weighted by molar-refractivity contribution is 0.0944. The van der Waals surface area contributed by atoms with E-state index in [0.29, 0.717) is 10.9 Å². The molecule has 0 bridgehead atoms. The number of thiazole rings is 1. The number of carbonyl (C=O) groups excluding carboxylic acids is 1. The second-order valence-corrected chi connectivity index (χ2v) is 10.1. The van der Waals surface area contributed by atoms with Gasteiger partial charge in [-0.1, -0.05) is 48.1 Å². The Hall–Kier alpha value is -1.92. The third-order valence-corrected chi connectivity index (χ3v) is 7.64. The van der Waals surface area contributed by atoms with Gasteiger partial charge in [0.25, 0.3) is 5.91 Å². The number of anilines is 1. The minimum Gasteiger partial charge on any atom is -0.348 e. The van der Waals surface area contributed by atoms with Crippen LogP contribution < -0.4 is 10.2 Å². The summed E-state index contributed by atoms with van der Waals surface area (Å²) in [4.78, 5) is 23.0. The number of piperidine rings is 2. The number of benzene rings is 1. The van der Waals surface area contributed by atoms with Crippen LogP contribution in [-0.2, 0) is 0 Å². The van der Waals surface area contributed by atoms with Crippen LogP contribution in [-0.4, -0.2) is 48.0 Å². The third-order valence-electron chi connectivity index (χ3n) is 6.58. The predicted octanol–water partition coefficient (Wildman–Crippen LogP) is 4.64. The fourth-order valence-corrected chi connectivity index (χ4v) is 5.57. The number of carbonyl (C=O) groups is 1. The first-order valence-electron chi connectivity index (χ1n) is 11.3. The van der Waals surface area contributed by atoms with E-state index in [-0.39, 0.29) is 11.9 Å². The van der Waals surface area contributed by atoms with Crippen LogP contribution in [0.4, 0.5) is 5.13 Å². The Morgan fingerprint density at radius 3 is 2.60 bits per heavy atom. The lowest BCUT2D eigenvalue weighted by Crippen LogP contribution is -2.48. The van der Waals surface area contributed by atoms with Crippen molar-refractivity contribution in [1.82, 2.24) is 15.2 Å². The number of aryl methyl sites for hydroxylation is 1. The van der Waals surface area contributed by atoms with Crippen molar-refractivity contribution in [2.75, 3.05) is 31.1 Å². The molecule has 0 spiro atoms. The average Bonchev–Trinajstić information content (AvgIpc) is 3.25. The number of likely N-dealkylation sites (tertiary alicyclic amines) is 1. The van der Waals surface area contributed by atoms with E-state index in [2.05, 4.69) is 58.2 Å². The number of aromatic nitrogens is 1. The number of nitrogens with one attached hydrogen (secondary N) is 1. The molecule has 1 amide bonds. The van der Waals surface area contributed by atoms with Crippen molar-refractivity contribution in [2.45, 2.75) is 58.5 Å². The molecule has 4 rings (SSSR count). The maximum Gasteiger partial charge on any atom is 0.263 e. The predicted molar refractivity (Wildman–Crippen MR) is 124 cm³/mol. The van der Waals surface area contributed by atoms with E-state index >= 15 is 0 Å². The second-order valence-electron chi connectivity index (χ2n) is 9.07. The highest BCUT2D eigenvalue weighted by Gasteiger charge is 2.28. The number of rotatable bonds is 5. The molecule has 3 heterocycles. The summed E-state index contributed by atoms with van der Waals surface area (Å²) in [5.41, 5.74) is 2.34. The van der Waals surface area contributed by atoms with Crippen molar-refractivity contribution in [2.24, 2.45) is 5.92 Å². The normalized spacial score (nSPS) is 22.1. The first-order chi connectivity index (χ1) is 14.5. The van der Waals surface area contributed by atoms with Gasteiger partial charge in [-0.3, -0.25) is 9.69 Å². The van der Waals surface area contributed by atoms with E-state index in [9.17, 15) is 4.79 Å². The van der Waals surface area contributed by atoms with Crippen LogP contribution in [0.1, 0.15) is 66.4 Å². The van der Waals surface area contributed by atoms with Gasteiger partial charge in [0.05, 0.1) is 12.2 Å². The van der Waals surface area contributed by atoms with Gasteiger partial charge < -0.3 is 10.2 Å². The Bertz CT molecular complexity index is 841. The quantitative estimate of drug-likeness (QED) is 0.756. The van der Waals surface area contributed by atoms with Crippen molar-refractivity contribution in [3.63, 3.8) is 0 Å². The largest absolute Gasteiger partial charge is 0.348 e. The first kappa shape index (κ1) is 21.3. The van der Waals surface area contributed by atoms with E-state index in [4.69, 9.17) is 0 Å². The lowest BCUT2D eigenvalue weighted by atomic mass is 9.95. The van der Waals surface area contributed by atoms with E-state index in [0.717, 1.165) is 29.7 Å². The maximum atomic E-state index is 12.7. The summed E-state index contributed by atoms with van der Waals surface area (Å²) >= 11 is 1.51. The Kier molecular flexibility index (Phi) is 6.74. The SMILES string of the molecule is Cc1ccc([C@@H](C)NC(=O)c2cnc(N3CCC(N4CCC[C@@H](C)C4)CC3)s2)cc1. The molecular formula is C24H34N4OS. The van der Waals surface area contributed by atoms with Gasteiger partial charge in [0.1, 0.15) is 4.88 Å². The lowest BCUT2D eigenvalue weighted by Gasteiger charge is -2.41. The molecule has 162 valence electrons. The zero-order valence-electron chi connectivity index (χ0n) is 18.4. The molecule has 2 aromatic rings. The summed E-state index contributed by atoms with van der Waals surface area (Å²) in [5.74, 6) is 0.795. The Morgan fingerprint density at radius 2 is 1.90 bits per heavy atom. The standard InChI is InChI=1S/C24H34N4OS/c1-17-6-8-20(9-7-17)19(3)26-23(29)22-15-25-24(30-22)27-13-10-21(11-14-27)28-12-4-5-18(2)16-28/h6-9,15,18-19,21H,4-5,10-14,16H2,1-3H3,(H,26,29)/t18-,19-/m1/s1. The van der Waals surface area contributed by atoms with Crippen molar-refractivity contribution in [1.29, 1.82) is 0 Å². The van der Waals surface area contributed by atoms with Gasteiger partial charge >= 0.3 is 0 Å². The minimum atomic E-state index is -0.0379.